The van der Waals surface area contributed by atoms with Crippen molar-refractivity contribution in [2.24, 2.45) is 5.92 Å². The molecule has 0 radical (unpaired) electrons. The van der Waals surface area contributed by atoms with Crippen molar-refractivity contribution in [3.63, 3.8) is 0 Å². The molecule has 0 aliphatic carbocycles. The molecule has 0 bridgehead atoms. The number of likely N-dealkylation sites (tertiary alicyclic amines) is 1. The number of aliphatic carboxylic acids is 1. The maximum absolute atomic E-state index is 12.3. The van der Waals surface area contributed by atoms with Crippen LogP contribution in [-0.4, -0.2) is 64.3 Å². The minimum absolute atomic E-state index is 0.0423. The Balaban J connectivity index is 2.49. The highest BCUT2D eigenvalue weighted by Gasteiger charge is 2.28. The highest BCUT2D eigenvalue weighted by Crippen LogP contribution is 2.21. The third kappa shape index (κ3) is 4.70. The minimum Gasteiger partial charge on any atom is -0.481 e. The van der Waals surface area contributed by atoms with Gasteiger partial charge in [0.1, 0.15) is 0 Å². The molecular formula is C13H24N2O4. The van der Waals surface area contributed by atoms with E-state index in [-0.39, 0.29) is 31.0 Å². The number of carboxylic acids is 1. The number of aliphatic hydroxyl groups is 1. The Morgan fingerprint density at radius 2 is 1.89 bits per heavy atom. The van der Waals surface area contributed by atoms with E-state index in [2.05, 4.69) is 0 Å². The number of hydrogen-bond acceptors (Lipinski definition) is 3. The topological polar surface area (TPSA) is 81.1 Å². The first kappa shape index (κ1) is 15.8. The van der Waals surface area contributed by atoms with Crippen LogP contribution >= 0.6 is 0 Å². The van der Waals surface area contributed by atoms with Crippen molar-refractivity contribution in [2.45, 2.75) is 39.2 Å². The zero-order valence-electron chi connectivity index (χ0n) is 11.7. The van der Waals surface area contributed by atoms with Crippen LogP contribution in [0.1, 0.15) is 33.1 Å². The SMILES string of the molecule is CC(C)N(CCO)C(=O)N1CCC(CC(=O)O)CC1. The zero-order valence-corrected chi connectivity index (χ0v) is 11.7. The lowest BCUT2D eigenvalue weighted by molar-refractivity contribution is -0.138. The Morgan fingerprint density at radius 3 is 2.32 bits per heavy atom. The van der Waals surface area contributed by atoms with Gasteiger partial charge in [-0.05, 0) is 32.6 Å². The van der Waals surface area contributed by atoms with Gasteiger partial charge in [0.25, 0.3) is 0 Å². The fraction of sp³-hybridized carbons (Fsp3) is 0.846. The summed E-state index contributed by atoms with van der Waals surface area (Å²) in [6, 6.07) is -0.00535. The molecule has 1 heterocycles. The van der Waals surface area contributed by atoms with Gasteiger partial charge in [-0.3, -0.25) is 4.79 Å². The summed E-state index contributed by atoms with van der Waals surface area (Å²) in [5.41, 5.74) is 0. The molecule has 0 aromatic carbocycles. The van der Waals surface area contributed by atoms with E-state index in [9.17, 15) is 9.59 Å². The number of nitrogens with zero attached hydrogens (tertiary/aromatic N) is 2. The van der Waals surface area contributed by atoms with Crippen molar-refractivity contribution >= 4 is 12.0 Å². The molecule has 2 N–H and O–H groups in total. The number of hydrogen-bond donors (Lipinski definition) is 2. The molecule has 0 aromatic rings. The molecule has 1 aliphatic heterocycles. The molecule has 1 fully saturated rings. The third-order valence-corrected chi connectivity index (χ3v) is 3.56. The van der Waals surface area contributed by atoms with Gasteiger partial charge in [-0.2, -0.15) is 0 Å². The standard InChI is InChI=1S/C13H24N2O4/c1-10(2)15(7-8-16)13(19)14-5-3-11(4-6-14)9-12(17)18/h10-11,16H,3-9H2,1-2H3,(H,17,18). The molecule has 6 heteroatoms. The van der Waals surface area contributed by atoms with E-state index in [0.717, 1.165) is 12.8 Å². The number of aliphatic hydroxyl groups excluding tert-OH is 1. The largest absolute Gasteiger partial charge is 0.481 e. The summed E-state index contributed by atoms with van der Waals surface area (Å²) in [5, 5.41) is 17.8. The van der Waals surface area contributed by atoms with Crippen molar-refractivity contribution < 1.29 is 19.8 Å². The van der Waals surface area contributed by atoms with Crippen LogP contribution in [-0.2, 0) is 4.79 Å². The smallest absolute Gasteiger partial charge is 0.320 e. The van der Waals surface area contributed by atoms with Gasteiger partial charge in [-0.15, -0.1) is 0 Å². The Labute approximate surface area is 114 Å². The van der Waals surface area contributed by atoms with Gasteiger partial charge in [0.2, 0.25) is 0 Å². The van der Waals surface area contributed by atoms with Crippen molar-refractivity contribution in [1.82, 2.24) is 9.80 Å². The summed E-state index contributed by atoms with van der Waals surface area (Å²) < 4.78 is 0. The zero-order chi connectivity index (χ0) is 14.4. The number of piperidine rings is 1. The fourth-order valence-corrected chi connectivity index (χ4v) is 2.44. The summed E-state index contributed by atoms with van der Waals surface area (Å²) >= 11 is 0. The number of rotatable bonds is 5. The Hall–Kier alpha value is -1.30. The third-order valence-electron chi connectivity index (χ3n) is 3.56. The molecule has 0 unspecified atom stereocenters. The van der Waals surface area contributed by atoms with E-state index < -0.39 is 5.97 Å². The second-order valence-electron chi connectivity index (χ2n) is 5.32. The van der Waals surface area contributed by atoms with E-state index in [1.54, 1.807) is 9.80 Å². The summed E-state index contributed by atoms with van der Waals surface area (Å²) in [6.07, 6.45) is 1.67. The molecule has 2 amide bonds. The molecule has 0 atom stereocenters. The van der Waals surface area contributed by atoms with Gasteiger partial charge in [0.15, 0.2) is 0 Å². The van der Waals surface area contributed by atoms with Gasteiger partial charge in [-0.1, -0.05) is 0 Å². The van der Waals surface area contributed by atoms with Crippen LogP contribution in [0.4, 0.5) is 4.79 Å². The first-order valence-electron chi connectivity index (χ1n) is 6.84. The van der Waals surface area contributed by atoms with Crippen molar-refractivity contribution in [3.8, 4) is 0 Å². The first-order valence-corrected chi connectivity index (χ1v) is 6.84. The summed E-state index contributed by atoms with van der Waals surface area (Å²) in [6.45, 7) is 5.34. The van der Waals surface area contributed by atoms with E-state index >= 15 is 0 Å². The average Bonchev–Trinajstić information content (AvgIpc) is 2.35. The van der Waals surface area contributed by atoms with Crippen LogP contribution in [0.5, 0.6) is 0 Å². The van der Waals surface area contributed by atoms with Crippen LogP contribution in [0, 0.1) is 5.92 Å². The number of carboxylic acid groups (broad SMARTS) is 1. The quantitative estimate of drug-likeness (QED) is 0.782. The second kappa shape index (κ2) is 7.33. The van der Waals surface area contributed by atoms with Gasteiger partial charge in [0, 0.05) is 32.1 Å². The highest BCUT2D eigenvalue weighted by atomic mass is 16.4. The minimum atomic E-state index is -0.770. The molecular weight excluding hydrogens is 248 g/mol. The lowest BCUT2D eigenvalue weighted by Gasteiger charge is -2.37. The number of carbonyl (C=O) groups excluding carboxylic acids is 1. The van der Waals surface area contributed by atoms with E-state index in [1.807, 2.05) is 13.8 Å². The molecule has 0 aromatic heterocycles. The average molecular weight is 272 g/mol. The normalized spacial score (nSPS) is 16.7. The molecule has 1 aliphatic rings. The van der Waals surface area contributed by atoms with Crippen molar-refractivity contribution in [2.75, 3.05) is 26.2 Å². The Bertz CT molecular complexity index is 312. The van der Waals surface area contributed by atoms with Crippen LogP contribution < -0.4 is 0 Å². The maximum Gasteiger partial charge on any atom is 0.320 e. The van der Waals surface area contributed by atoms with Gasteiger partial charge >= 0.3 is 12.0 Å². The van der Waals surface area contributed by atoms with Gasteiger partial charge in [-0.25, -0.2) is 4.79 Å². The molecule has 6 nitrogen and oxygen atoms in total. The highest BCUT2D eigenvalue weighted by molar-refractivity contribution is 5.75. The van der Waals surface area contributed by atoms with E-state index in [0.29, 0.717) is 19.6 Å². The fourth-order valence-electron chi connectivity index (χ4n) is 2.44. The van der Waals surface area contributed by atoms with Crippen LogP contribution in [0.25, 0.3) is 0 Å². The molecule has 19 heavy (non-hydrogen) atoms. The van der Waals surface area contributed by atoms with Crippen LogP contribution in [0.2, 0.25) is 0 Å². The van der Waals surface area contributed by atoms with Crippen molar-refractivity contribution in [1.29, 1.82) is 0 Å². The molecule has 0 spiro atoms. The predicted molar refractivity (Wildman–Crippen MR) is 70.9 cm³/mol. The van der Waals surface area contributed by atoms with E-state index in [1.165, 1.54) is 0 Å². The summed E-state index contributed by atoms with van der Waals surface area (Å²) in [7, 11) is 0. The molecule has 1 rings (SSSR count). The molecule has 110 valence electrons. The second-order valence-corrected chi connectivity index (χ2v) is 5.32. The van der Waals surface area contributed by atoms with Gasteiger partial charge in [0.05, 0.1) is 6.61 Å². The number of urea groups is 1. The molecule has 0 saturated carbocycles. The summed E-state index contributed by atoms with van der Waals surface area (Å²) in [4.78, 5) is 26.3. The lowest BCUT2D eigenvalue weighted by atomic mass is 9.94. The maximum atomic E-state index is 12.3. The number of carbonyl (C=O) groups is 2. The van der Waals surface area contributed by atoms with Gasteiger partial charge < -0.3 is 20.0 Å². The monoisotopic (exact) mass is 272 g/mol. The number of amides is 2. The van der Waals surface area contributed by atoms with E-state index in [4.69, 9.17) is 10.2 Å². The first-order chi connectivity index (χ1) is 8.95. The van der Waals surface area contributed by atoms with Crippen LogP contribution in [0.3, 0.4) is 0 Å². The Morgan fingerprint density at radius 1 is 1.32 bits per heavy atom. The van der Waals surface area contributed by atoms with Crippen LogP contribution in [0.15, 0.2) is 0 Å². The lowest BCUT2D eigenvalue weighted by Crippen LogP contribution is -2.50. The Kier molecular flexibility index (Phi) is 6.08. The summed E-state index contributed by atoms with van der Waals surface area (Å²) in [5.74, 6) is -0.597. The predicted octanol–water partition coefficient (Wildman–Crippen LogP) is 0.996. The van der Waals surface area contributed by atoms with Crippen molar-refractivity contribution in [3.05, 3.63) is 0 Å². The molecule has 1 saturated heterocycles.